The molecule has 150 valence electrons. The molecule has 7 nitrogen and oxygen atoms in total. The van der Waals surface area contributed by atoms with Gasteiger partial charge in [0.25, 0.3) is 5.69 Å². The summed E-state index contributed by atoms with van der Waals surface area (Å²) in [6.45, 7) is 0. The molecule has 0 aliphatic heterocycles. The van der Waals surface area contributed by atoms with Gasteiger partial charge in [-0.2, -0.15) is 0 Å². The molecular formula is C22H16N2O5S. The molecule has 1 N–H and O–H groups in total. The highest BCUT2D eigenvalue weighted by atomic mass is 32.1. The zero-order valence-corrected chi connectivity index (χ0v) is 16.5. The van der Waals surface area contributed by atoms with Crippen molar-refractivity contribution < 1.29 is 19.2 Å². The van der Waals surface area contributed by atoms with E-state index in [1.165, 1.54) is 23.5 Å². The number of thiazole rings is 1. The van der Waals surface area contributed by atoms with Gasteiger partial charge in [0, 0.05) is 24.1 Å². The molecule has 0 fully saturated rings. The highest BCUT2D eigenvalue weighted by Crippen LogP contribution is 2.32. The molecule has 0 spiro atoms. The number of carboxylic acid groups (broad SMARTS) is 1. The average molecular weight is 420 g/mol. The topological polar surface area (TPSA) is 106 Å². The second kappa shape index (κ2) is 8.30. The molecule has 0 radical (unpaired) electrons. The standard InChI is InChI=1S/C22H16N2O5S/c25-21(26)11-8-15(22-23-18-6-1-2-7-20(18)30-22)13-17-9-10-19(29-17)14-4-3-5-16(12-14)24(27)28/h1-7,9-10,12-13H,8,11H2,(H,25,26)/b15-13-. The van der Waals surface area contributed by atoms with Gasteiger partial charge in [-0.15, -0.1) is 11.3 Å². The van der Waals surface area contributed by atoms with E-state index in [1.807, 2.05) is 24.3 Å². The summed E-state index contributed by atoms with van der Waals surface area (Å²) in [5.74, 6) is 0.127. The Bertz CT molecular complexity index is 1240. The largest absolute Gasteiger partial charge is 0.481 e. The van der Waals surface area contributed by atoms with E-state index in [9.17, 15) is 14.9 Å². The zero-order valence-electron chi connectivity index (χ0n) is 15.6. The van der Waals surface area contributed by atoms with Crippen LogP contribution in [0, 0.1) is 10.1 Å². The zero-order chi connectivity index (χ0) is 21.1. The molecule has 0 aliphatic carbocycles. The van der Waals surface area contributed by atoms with Crippen LogP contribution in [0.3, 0.4) is 0 Å². The number of allylic oxidation sites excluding steroid dienone is 1. The third-order valence-corrected chi connectivity index (χ3v) is 5.57. The minimum absolute atomic E-state index is 0.0161. The lowest BCUT2D eigenvalue weighted by molar-refractivity contribution is -0.384. The van der Waals surface area contributed by atoms with Gasteiger partial charge in [-0.25, -0.2) is 4.98 Å². The van der Waals surface area contributed by atoms with E-state index in [-0.39, 0.29) is 12.1 Å². The van der Waals surface area contributed by atoms with E-state index in [4.69, 9.17) is 9.52 Å². The lowest BCUT2D eigenvalue weighted by Gasteiger charge is -2.02. The number of fused-ring (bicyclic) bond motifs is 1. The normalized spacial score (nSPS) is 11.7. The van der Waals surface area contributed by atoms with Gasteiger partial charge in [0.05, 0.1) is 15.1 Å². The molecule has 30 heavy (non-hydrogen) atoms. The number of hydrogen-bond donors (Lipinski definition) is 1. The lowest BCUT2D eigenvalue weighted by atomic mass is 10.1. The molecule has 0 saturated heterocycles. The van der Waals surface area contributed by atoms with Crippen molar-refractivity contribution in [1.82, 2.24) is 4.98 Å². The Labute approximate surface area is 175 Å². The molecule has 2 aromatic heterocycles. The fourth-order valence-electron chi connectivity index (χ4n) is 3.02. The van der Waals surface area contributed by atoms with E-state index >= 15 is 0 Å². The Kier molecular flexibility index (Phi) is 5.40. The first kappa shape index (κ1) is 19.5. The number of non-ortho nitro benzene ring substituents is 1. The molecule has 2 aromatic carbocycles. The van der Waals surface area contributed by atoms with Crippen LogP contribution in [0.5, 0.6) is 0 Å². The molecule has 0 amide bonds. The van der Waals surface area contributed by atoms with Crippen molar-refractivity contribution in [3.8, 4) is 11.3 Å². The first-order chi connectivity index (χ1) is 14.5. The highest BCUT2D eigenvalue weighted by Gasteiger charge is 2.13. The van der Waals surface area contributed by atoms with Crippen molar-refractivity contribution in [2.24, 2.45) is 0 Å². The molecule has 0 bridgehead atoms. The molecule has 0 saturated carbocycles. The maximum atomic E-state index is 11.1. The van der Waals surface area contributed by atoms with Crippen molar-refractivity contribution >= 4 is 44.9 Å². The van der Waals surface area contributed by atoms with Crippen molar-refractivity contribution in [1.29, 1.82) is 0 Å². The van der Waals surface area contributed by atoms with Crippen LogP contribution in [-0.2, 0) is 4.79 Å². The third-order valence-electron chi connectivity index (χ3n) is 4.46. The fraction of sp³-hybridized carbons (Fsp3) is 0.0909. The molecule has 0 aliphatic rings. The number of rotatable bonds is 7. The van der Waals surface area contributed by atoms with Crippen LogP contribution in [0.25, 0.3) is 33.2 Å². The number of furan rings is 1. The number of aromatic nitrogens is 1. The third kappa shape index (κ3) is 4.28. The first-order valence-corrected chi connectivity index (χ1v) is 9.94. The number of nitrogens with zero attached hydrogens (tertiary/aromatic N) is 2. The molecule has 4 rings (SSSR count). The summed E-state index contributed by atoms with van der Waals surface area (Å²) in [4.78, 5) is 26.3. The summed E-state index contributed by atoms with van der Waals surface area (Å²) in [6.07, 6.45) is 2.06. The summed E-state index contributed by atoms with van der Waals surface area (Å²) in [5, 5.41) is 20.9. The van der Waals surface area contributed by atoms with Gasteiger partial charge in [-0.3, -0.25) is 14.9 Å². The molecule has 2 heterocycles. The lowest BCUT2D eigenvalue weighted by Crippen LogP contribution is -1.95. The summed E-state index contributed by atoms with van der Waals surface area (Å²) in [7, 11) is 0. The van der Waals surface area contributed by atoms with Crippen LogP contribution >= 0.6 is 11.3 Å². The van der Waals surface area contributed by atoms with Gasteiger partial charge in [0.15, 0.2) is 0 Å². The van der Waals surface area contributed by atoms with E-state index in [0.29, 0.717) is 23.5 Å². The summed E-state index contributed by atoms with van der Waals surface area (Å²) in [6, 6.07) is 17.4. The Balaban J connectivity index is 1.69. The number of hydrogen-bond acceptors (Lipinski definition) is 6. The van der Waals surface area contributed by atoms with Gasteiger partial charge >= 0.3 is 5.97 Å². The second-order valence-corrected chi connectivity index (χ2v) is 7.59. The quantitative estimate of drug-likeness (QED) is 0.296. The Morgan fingerprint density at radius 2 is 1.97 bits per heavy atom. The van der Waals surface area contributed by atoms with Crippen molar-refractivity contribution in [2.45, 2.75) is 12.8 Å². The second-order valence-electron chi connectivity index (χ2n) is 6.56. The van der Waals surface area contributed by atoms with Gasteiger partial charge in [-0.1, -0.05) is 24.3 Å². The summed E-state index contributed by atoms with van der Waals surface area (Å²) in [5.41, 5.74) is 2.20. The number of benzene rings is 2. The summed E-state index contributed by atoms with van der Waals surface area (Å²) < 4.78 is 6.89. The van der Waals surface area contributed by atoms with Crippen LogP contribution < -0.4 is 0 Å². The molecule has 4 aromatic rings. The van der Waals surface area contributed by atoms with Crippen LogP contribution in [0.4, 0.5) is 5.69 Å². The van der Waals surface area contributed by atoms with Gasteiger partial charge in [0.2, 0.25) is 0 Å². The maximum Gasteiger partial charge on any atom is 0.303 e. The molecule has 8 heteroatoms. The number of aliphatic carboxylic acids is 1. The predicted octanol–water partition coefficient (Wildman–Crippen LogP) is 5.87. The number of nitro benzene ring substituents is 1. The van der Waals surface area contributed by atoms with Crippen molar-refractivity contribution in [3.05, 3.63) is 81.5 Å². The molecular weight excluding hydrogens is 404 g/mol. The minimum Gasteiger partial charge on any atom is -0.481 e. The van der Waals surface area contributed by atoms with Crippen LogP contribution in [0.2, 0.25) is 0 Å². The van der Waals surface area contributed by atoms with Gasteiger partial charge in [-0.05, 0) is 42.3 Å². The number of carboxylic acids is 1. The maximum absolute atomic E-state index is 11.1. The predicted molar refractivity (Wildman–Crippen MR) is 115 cm³/mol. The SMILES string of the molecule is O=C(O)CC/C(=C/c1ccc(-c2cccc([N+](=O)[O-])c2)o1)c1nc2ccccc2s1. The van der Waals surface area contributed by atoms with Crippen molar-refractivity contribution in [2.75, 3.05) is 0 Å². The molecule has 0 atom stereocenters. The van der Waals surface area contributed by atoms with E-state index in [0.717, 1.165) is 20.8 Å². The summed E-state index contributed by atoms with van der Waals surface area (Å²) >= 11 is 1.50. The van der Waals surface area contributed by atoms with Crippen LogP contribution in [0.1, 0.15) is 23.6 Å². The number of nitro groups is 1. The highest BCUT2D eigenvalue weighted by molar-refractivity contribution is 7.19. The Morgan fingerprint density at radius 1 is 1.13 bits per heavy atom. The van der Waals surface area contributed by atoms with Crippen molar-refractivity contribution in [3.63, 3.8) is 0 Å². The molecule has 0 unspecified atom stereocenters. The van der Waals surface area contributed by atoms with Gasteiger partial charge < -0.3 is 9.52 Å². The monoisotopic (exact) mass is 420 g/mol. The first-order valence-electron chi connectivity index (χ1n) is 9.12. The Morgan fingerprint density at radius 3 is 2.73 bits per heavy atom. The van der Waals surface area contributed by atoms with E-state index < -0.39 is 10.9 Å². The van der Waals surface area contributed by atoms with E-state index in [2.05, 4.69) is 4.98 Å². The van der Waals surface area contributed by atoms with Gasteiger partial charge in [0.1, 0.15) is 16.5 Å². The fourth-order valence-corrected chi connectivity index (χ4v) is 4.03. The van der Waals surface area contributed by atoms with E-state index in [1.54, 1.807) is 30.3 Å². The minimum atomic E-state index is -0.890. The smallest absolute Gasteiger partial charge is 0.303 e. The Hall–Kier alpha value is -3.78. The number of carbonyl (C=O) groups is 1. The van der Waals surface area contributed by atoms with Crippen LogP contribution in [0.15, 0.2) is 65.1 Å². The number of para-hydroxylation sites is 1. The van der Waals surface area contributed by atoms with Crippen LogP contribution in [-0.4, -0.2) is 21.0 Å². The average Bonchev–Trinajstić information content (AvgIpc) is 3.38.